The number of rotatable bonds is 3. The zero-order chi connectivity index (χ0) is 15.9. The molecular weight excluding hydrogens is 294 g/mol. The number of hydrogen-bond acceptors (Lipinski definition) is 2. The Morgan fingerprint density at radius 2 is 1.79 bits per heavy atom. The number of hydrogen-bond donors (Lipinski definition) is 0. The molecule has 0 aromatic heterocycles. The molecule has 2 saturated heterocycles. The van der Waals surface area contributed by atoms with Gasteiger partial charge >= 0.3 is 0 Å². The standard InChI is InChI=1S/C22H25NO/c1-2-7-16(8-3-1)13-14-18-10-6-12-21-23(18)22-19-11-5-4-9-17(19)15-20(22)24-21/h1-5,7-9,11,18,20-22H,6,10,12-15H2/t18-,20+,21+,22-/m1/s1. The van der Waals surface area contributed by atoms with E-state index in [2.05, 4.69) is 59.5 Å². The summed E-state index contributed by atoms with van der Waals surface area (Å²) in [6.07, 6.45) is 8.08. The number of fused-ring (bicyclic) bond motifs is 5. The summed E-state index contributed by atoms with van der Waals surface area (Å²) in [5.41, 5.74) is 4.48. The summed E-state index contributed by atoms with van der Waals surface area (Å²) in [5, 5.41) is 0. The van der Waals surface area contributed by atoms with Gasteiger partial charge in [-0.1, -0.05) is 54.6 Å². The van der Waals surface area contributed by atoms with Crippen LogP contribution in [0.25, 0.3) is 0 Å². The number of aryl methyl sites for hydroxylation is 1. The molecule has 2 heteroatoms. The first-order valence-corrected chi connectivity index (χ1v) is 9.45. The van der Waals surface area contributed by atoms with E-state index in [0.717, 1.165) is 6.42 Å². The van der Waals surface area contributed by atoms with E-state index >= 15 is 0 Å². The summed E-state index contributed by atoms with van der Waals surface area (Å²) < 4.78 is 6.48. The molecule has 2 aromatic rings. The molecule has 0 unspecified atom stereocenters. The first kappa shape index (κ1) is 14.7. The van der Waals surface area contributed by atoms with E-state index in [1.54, 1.807) is 0 Å². The average Bonchev–Trinajstić information content (AvgIpc) is 3.16. The van der Waals surface area contributed by atoms with Crippen molar-refractivity contribution in [3.05, 3.63) is 71.3 Å². The molecule has 2 fully saturated rings. The molecular formula is C22H25NO. The van der Waals surface area contributed by atoms with Crippen LogP contribution in [0, 0.1) is 0 Å². The molecule has 0 spiro atoms. The maximum absolute atomic E-state index is 6.48. The normalized spacial score (nSPS) is 31.5. The Morgan fingerprint density at radius 1 is 0.958 bits per heavy atom. The minimum atomic E-state index is 0.350. The van der Waals surface area contributed by atoms with Crippen molar-refractivity contribution in [3.63, 3.8) is 0 Å². The van der Waals surface area contributed by atoms with Crippen molar-refractivity contribution in [2.45, 2.75) is 62.9 Å². The Hall–Kier alpha value is -1.64. The second-order valence-electron chi connectivity index (χ2n) is 7.53. The predicted molar refractivity (Wildman–Crippen MR) is 95.8 cm³/mol. The highest BCUT2D eigenvalue weighted by Crippen LogP contribution is 2.48. The van der Waals surface area contributed by atoms with E-state index in [0.29, 0.717) is 24.4 Å². The lowest BCUT2D eigenvalue weighted by Gasteiger charge is -2.39. The Bertz CT molecular complexity index is 713. The van der Waals surface area contributed by atoms with E-state index < -0.39 is 0 Å². The summed E-state index contributed by atoms with van der Waals surface area (Å²) in [6, 6.07) is 21.1. The second kappa shape index (κ2) is 6.02. The third-order valence-corrected chi connectivity index (χ3v) is 6.15. The van der Waals surface area contributed by atoms with Gasteiger partial charge in [-0.2, -0.15) is 0 Å². The van der Waals surface area contributed by atoms with Gasteiger partial charge < -0.3 is 4.74 Å². The Labute approximate surface area is 144 Å². The van der Waals surface area contributed by atoms with Gasteiger partial charge in [0.25, 0.3) is 0 Å². The van der Waals surface area contributed by atoms with E-state index in [4.69, 9.17) is 4.74 Å². The fourth-order valence-electron chi connectivity index (χ4n) is 5.09. The maximum Gasteiger partial charge on any atom is 0.111 e. The van der Waals surface area contributed by atoms with Crippen molar-refractivity contribution in [1.82, 2.24) is 4.90 Å². The van der Waals surface area contributed by atoms with Gasteiger partial charge in [0.05, 0.1) is 12.1 Å². The molecule has 5 rings (SSSR count). The highest BCUT2D eigenvalue weighted by molar-refractivity contribution is 5.38. The molecule has 0 saturated carbocycles. The lowest BCUT2D eigenvalue weighted by molar-refractivity contribution is -0.0440. The van der Waals surface area contributed by atoms with Crippen LogP contribution in [-0.2, 0) is 17.6 Å². The third kappa shape index (κ3) is 2.40. The van der Waals surface area contributed by atoms with Gasteiger partial charge in [-0.15, -0.1) is 0 Å². The van der Waals surface area contributed by atoms with E-state index in [1.807, 2.05) is 0 Å². The largest absolute Gasteiger partial charge is 0.358 e. The summed E-state index contributed by atoms with van der Waals surface area (Å²) in [7, 11) is 0. The number of piperidine rings is 1. The van der Waals surface area contributed by atoms with Crippen LogP contribution in [-0.4, -0.2) is 23.3 Å². The molecule has 0 radical (unpaired) electrons. The number of ether oxygens (including phenoxy) is 1. The molecule has 0 N–H and O–H groups in total. The molecule has 24 heavy (non-hydrogen) atoms. The maximum atomic E-state index is 6.48. The molecule has 2 aliphatic heterocycles. The fraction of sp³-hybridized carbons (Fsp3) is 0.455. The van der Waals surface area contributed by atoms with Crippen molar-refractivity contribution >= 4 is 0 Å². The molecule has 124 valence electrons. The van der Waals surface area contributed by atoms with Crippen LogP contribution in [0.2, 0.25) is 0 Å². The van der Waals surface area contributed by atoms with Crippen molar-refractivity contribution in [2.24, 2.45) is 0 Å². The monoisotopic (exact) mass is 319 g/mol. The van der Waals surface area contributed by atoms with Crippen LogP contribution >= 0.6 is 0 Å². The van der Waals surface area contributed by atoms with Gasteiger partial charge in [0.15, 0.2) is 0 Å². The summed E-state index contributed by atoms with van der Waals surface area (Å²) in [5.74, 6) is 0. The van der Waals surface area contributed by atoms with Gasteiger partial charge in [-0.25, -0.2) is 0 Å². The van der Waals surface area contributed by atoms with Gasteiger partial charge in [0, 0.05) is 12.5 Å². The van der Waals surface area contributed by atoms with Crippen LogP contribution in [0.15, 0.2) is 54.6 Å². The zero-order valence-corrected chi connectivity index (χ0v) is 14.1. The van der Waals surface area contributed by atoms with Crippen molar-refractivity contribution < 1.29 is 4.74 Å². The lowest BCUT2D eigenvalue weighted by Crippen LogP contribution is -2.44. The number of nitrogens with zero attached hydrogens (tertiary/aromatic N) is 1. The van der Waals surface area contributed by atoms with E-state index in [9.17, 15) is 0 Å². The van der Waals surface area contributed by atoms with E-state index in [-0.39, 0.29) is 0 Å². The fourth-order valence-corrected chi connectivity index (χ4v) is 5.09. The SMILES string of the molecule is c1ccc(CC[C@H]2CCC[C@@H]3O[C@H]4Cc5ccccc5[C@H]4N23)cc1. The Balaban J connectivity index is 1.39. The smallest absolute Gasteiger partial charge is 0.111 e. The molecule has 1 aliphatic carbocycles. The van der Waals surface area contributed by atoms with Gasteiger partial charge in [0.2, 0.25) is 0 Å². The molecule has 0 amide bonds. The van der Waals surface area contributed by atoms with Crippen LogP contribution in [0.5, 0.6) is 0 Å². The van der Waals surface area contributed by atoms with Gasteiger partial charge in [0.1, 0.15) is 6.23 Å². The summed E-state index contributed by atoms with van der Waals surface area (Å²) in [6.45, 7) is 0. The lowest BCUT2D eigenvalue weighted by atomic mass is 9.92. The Kier molecular flexibility index (Phi) is 3.68. The van der Waals surface area contributed by atoms with Crippen LogP contribution < -0.4 is 0 Å². The van der Waals surface area contributed by atoms with Crippen LogP contribution in [0.1, 0.15) is 48.4 Å². The topological polar surface area (TPSA) is 12.5 Å². The number of benzene rings is 2. The molecule has 0 bridgehead atoms. The van der Waals surface area contributed by atoms with E-state index in [1.165, 1.54) is 48.8 Å². The minimum absolute atomic E-state index is 0.350. The molecule has 2 aromatic carbocycles. The Morgan fingerprint density at radius 3 is 2.71 bits per heavy atom. The highest BCUT2D eigenvalue weighted by Gasteiger charge is 2.50. The van der Waals surface area contributed by atoms with Gasteiger partial charge in [-0.05, 0) is 48.8 Å². The zero-order valence-electron chi connectivity index (χ0n) is 14.1. The molecule has 4 atom stereocenters. The second-order valence-corrected chi connectivity index (χ2v) is 7.53. The average molecular weight is 319 g/mol. The van der Waals surface area contributed by atoms with Crippen LogP contribution in [0.3, 0.4) is 0 Å². The quantitative estimate of drug-likeness (QED) is 0.826. The van der Waals surface area contributed by atoms with Gasteiger partial charge in [-0.3, -0.25) is 4.90 Å². The predicted octanol–water partition coefficient (Wildman–Crippen LogP) is 4.50. The van der Waals surface area contributed by atoms with Crippen LogP contribution in [0.4, 0.5) is 0 Å². The summed E-state index contributed by atoms with van der Waals surface area (Å²) in [4.78, 5) is 2.74. The molecule has 3 aliphatic rings. The van der Waals surface area contributed by atoms with Crippen molar-refractivity contribution in [2.75, 3.05) is 0 Å². The summed E-state index contributed by atoms with van der Waals surface area (Å²) >= 11 is 0. The first-order chi connectivity index (χ1) is 11.9. The first-order valence-electron chi connectivity index (χ1n) is 9.45. The van der Waals surface area contributed by atoms with Crippen molar-refractivity contribution in [1.29, 1.82) is 0 Å². The minimum Gasteiger partial charge on any atom is -0.358 e. The third-order valence-electron chi connectivity index (χ3n) is 6.15. The highest BCUT2D eigenvalue weighted by atomic mass is 16.5. The molecule has 2 heterocycles. The molecule has 2 nitrogen and oxygen atoms in total. The van der Waals surface area contributed by atoms with Crippen molar-refractivity contribution in [3.8, 4) is 0 Å².